The Morgan fingerprint density at radius 2 is 2.17 bits per heavy atom. The molecule has 2 aliphatic rings. The van der Waals surface area contributed by atoms with E-state index < -0.39 is 35.7 Å². The fourth-order valence-electron chi connectivity index (χ4n) is 2.72. The number of nitrogens with zero attached hydrogens (tertiary/aromatic N) is 1. The van der Waals surface area contributed by atoms with Crippen LogP contribution < -0.4 is 10.6 Å². The van der Waals surface area contributed by atoms with Crippen LogP contribution in [0.4, 0.5) is 14.9 Å². The molecule has 23 heavy (non-hydrogen) atoms. The van der Waals surface area contributed by atoms with Crippen molar-refractivity contribution in [3.05, 3.63) is 29.0 Å². The van der Waals surface area contributed by atoms with E-state index in [1.54, 1.807) is 6.92 Å². The Hall–Kier alpha value is -2.15. The highest BCUT2D eigenvalue weighted by Gasteiger charge is 2.56. The topological polar surface area (TPSA) is 78.5 Å². The second-order valence-corrected chi connectivity index (χ2v) is 6.38. The van der Waals surface area contributed by atoms with Crippen LogP contribution in [0.15, 0.2) is 18.2 Å². The van der Waals surface area contributed by atoms with Crippen molar-refractivity contribution in [3.63, 3.8) is 0 Å². The summed E-state index contributed by atoms with van der Waals surface area (Å²) < 4.78 is 13.0. The monoisotopic (exact) mass is 339 g/mol. The maximum atomic E-state index is 13.0. The summed E-state index contributed by atoms with van der Waals surface area (Å²) in [7, 11) is 0. The molecule has 122 valence electrons. The zero-order chi connectivity index (χ0) is 16.8. The van der Waals surface area contributed by atoms with Crippen molar-refractivity contribution in [1.82, 2.24) is 10.2 Å². The Labute approximate surface area is 137 Å². The summed E-state index contributed by atoms with van der Waals surface area (Å²) in [5, 5.41) is 5.17. The zero-order valence-corrected chi connectivity index (χ0v) is 13.1. The smallest absolute Gasteiger partial charge is 0.323 e. The molecular formula is C15H15ClFN3O3. The van der Waals surface area contributed by atoms with Gasteiger partial charge in [0.15, 0.2) is 0 Å². The van der Waals surface area contributed by atoms with E-state index in [0.717, 1.165) is 29.9 Å². The second-order valence-electron chi connectivity index (χ2n) is 5.97. The van der Waals surface area contributed by atoms with E-state index in [2.05, 4.69) is 10.6 Å². The van der Waals surface area contributed by atoms with E-state index in [4.69, 9.17) is 11.6 Å². The predicted molar refractivity (Wildman–Crippen MR) is 81.4 cm³/mol. The third kappa shape index (κ3) is 2.88. The first kappa shape index (κ1) is 15.7. The van der Waals surface area contributed by atoms with Crippen molar-refractivity contribution < 1.29 is 18.8 Å². The van der Waals surface area contributed by atoms with Gasteiger partial charge in [0.25, 0.3) is 5.91 Å². The molecule has 0 aromatic heterocycles. The van der Waals surface area contributed by atoms with Gasteiger partial charge in [-0.2, -0.15) is 0 Å². The van der Waals surface area contributed by atoms with Crippen LogP contribution in [0.1, 0.15) is 19.8 Å². The number of urea groups is 1. The van der Waals surface area contributed by atoms with Gasteiger partial charge in [0.05, 0.1) is 10.7 Å². The number of halogens is 2. The molecule has 1 atom stereocenters. The number of rotatable bonds is 4. The third-order valence-electron chi connectivity index (χ3n) is 4.20. The molecule has 2 N–H and O–H groups in total. The first-order valence-corrected chi connectivity index (χ1v) is 7.58. The largest absolute Gasteiger partial charge is 0.325 e. The molecule has 1 saturated carbocycles. The fourth-order valence-corrected chi connectivity index (χ4v) is 2.94. The van der Waals surface area contributed by atoms with Gasteiger partial charge in [-0.25, -0.2) is 9.18 Å². The normalized spacial score (nSPS) is 23.9. The Bertz CT molecular complexity index is 707. The van der Waals surface area contributed by atoms with Gasteiger partial charge in [-0.3, -0.25) is 14.5 Å². The molecule has 0 radical (unpaired) electrons. The highest BCUT2D eigenvalue weighted by molar-refractivity contribution is 6.33. The summed E-state index contributed by atoms with van der Waals surface area (Å²) in [6, 6.07) is 2.95. The van der Waals surface area contributed by atoms with Crippen LogP contribution in [0.2, 0.25) is 5.02 Å². The summed E-state index contributed by atoms with van der Waals surface area (Å²) in [6.07, 6.45) is 1.77. The minimum atomic E-state index is -0.926. The molecule has 1 aromatic rings. The zero-order valence-electron chi connectivity index (χ0n) is 12.4. The van der Waals surface area contributed by atoms with Crippen LogP contribution in [-0.2, 0) is 9.59 Å². The average Bonchev–Trinajstić information content (AvgIpc) is 3.28. The molecule has 1 aliphatic carbocycles. The quantitative estimate of drug-likeness (QED) is 0.825. The minimum absolute atomic E-state index is 0.0402. The molecule has 6 nitrogen and oxygen atoms in total. The van der Waals surface area contributed by atoms with Gasteiger partial charge in [-0.15, -0.1) is 0 Å². The molecular weight excluding hydrogens is 325 g/mol. The molecule has 8 heteroatoms. The number of nitrogens with one attached hydrogen (secondary N) is 2. The lowest BCUT2D eigenvalue weighted by Crippen LogP contribution is -2.46. The Balaban J connectivity index is 1.68. The molecule has 1 unspecified atom stereocenters. The summed E-state index contributed by atoms with van der Waals surface area (Å²) in [4.78, 5) is 37.3. The van der Waals surface area contributed by atoms with E-state index in [-0.39, 0.29) is 16.6 Å². The molecule has 3 rings (SSSR count). The van der Waals surface area contributed by atoms with Crippen molar-refractivity contribution in [3.8, 4) is 0 Å². The molecule has 1 aliphatic heterocycles. The lowest BCUT2D eigenvalue weighted by atomic mass is 9.96. The van der Waals surface area contributed by atoms with Gasteiger partial charge in [-0.1, -0.05) is 11.6 Å². The number of amides is 4. The van der Waals surface area contributed by atoms with Crippen LogP contribution in [0.3, 0.4) is 0 Å². The standard InChI is InChI=1S/C15H15ClFN3O3/c1-15(8-2-3-8)13(22)20(14(23)19-15)7-12(21)18-11-5-4-9(17)6-10(11)16/h4-6,8H,2-3,7H2,1H3,(H,18,21)(H,19,23). The number of hydrogen-bond donors (Lipinski definition) is 2. The first-order valence-electron chi connectivity index (χ1n) is 7.20. The van der Waals surface area contributed by atoms with Crippen LogP contribution in [0.25, 0.3) is 0 Å². The molecule has 4 amide bonds. The molecule has 0 bridgehead atoms. The Morgan fingerprint density at radius 1 is 1.48 bits per heavy atom. The second kappa shape index (κ2) is 5.49. The van der Waals surface area contributed by atoms with Gasteiger partial charge in [-0.05, 0) is 43.9 Å². The lowest BCUT2D eigenvalue weighted by molar-refractivity contribution is -0.134. The van der Waals surface area contributed by atoms with Gasteiger partial charge in [0.2, 0.25) is 5.91 Å². The molecule has 1 saturated heterocycles. The van der Waals surface area contributed by atoms with Crippen LogP contribution >= 0.6 is 11.6 Å². The van der Waals surface area contributed by atoms with Crippen LogP contribution in [0, 0.1) is 11.7 Å². The number of carbonyl (C=O) groups is 3. The lowest BCUT2D eigenvalue weighted by Gasteiger charge is -2.20. The average molecular weight is 340 g/mol. The van der Waals surface area contributed by atoms with Gasteiger partial charge >= 0.3 is 6.03 Å². The van der Waals surface area contributed by atoms with Gasteiger partial charge in [0.1, 0.15) is 17.9 Å². The van der Waals surface area contributed by atoms with Crippen LogP contribution in [-0.4, -0.2) is 34.8 Å². The third-order valence-corrected chi connectivity index (χ3v) is 4.51. The Morgan fingerprint density at radius 3 is 2.78 bits per heavy atom. The maximum Gasteiger partial charge on any atom is 0.325 e. The highest BCUT2D eigenvalue weighted by atomic mass is 35.5. The van der Waals surface area contributed by atoms with E-state index in [1.165, 1.54) is 6.07 Å². The number of anilines is 1. The maximum absolute atomic E-state index is 13.0. The van der Waals surface area contributed by atoms with E-state index in [0.29, 0.717) is 0 Å². The molecule has 2 fully saturated rings. The molecule has 1 heterocycles. The van der Waals surface area contributed by atoms with Crippen molar-refractivity contribution in [2.75, 3.05) is 11.9 Å². The summed E-state index contributed by atoms with van der Waals surface area (Å²) in [5.74, 6) is -1.38. The fraction of sp³-hybridized carbons (Fsp3) is 0.400. The first-order chi connectivity index (χ1) is 10.8. The summed E-state index contributed by atoms with van der Waals surface area (Å²) >= 11 is 5.83. The van der Waals surface area contributed by atoms with E-state index in [9.17, 15) is 18.8 Å². The van der Waals surface area contributed by atoms with Crippen molar-refractivity contribution >= 4 is 35.1 Å². The predicted octanol–water partition coefficient (Wildman–Crippen LogP) is 2.14. The number of carbonyl (C=O) groups excluding carboxylic acids is 3. The van der Waals surface area contributed by atoms with Crippen molar-refractivity contribution in [2.24, 2.45) is 5.92 Å². The molecule has 1 aromatic carbocycles. The number of imide groups is 1. The van der Waals surface area contributed by atoms with Gasteiger partial charge in [0, 0.05) is 0 Å². The number of benzene rings is 1. The van der Waals surface area contributed by atoms with E-state index in [1.807, 2.05) is 0 Å². The van der Waals surface area contributed by atoms with Crippen molar-refractivity contribution in [1.29, 1.82) is 0 Å². The SMILES string of the molecule is CC1(C2CC2)NC(=O)N(CC(=O)Nc2ccc(F)cc2Cl)C1=O. The van der Waals surface area contributed by atoms with Crippen molar-refractivity contribution in [2.45, 2.75) is 25.3 Å². The Kier molecular flexibility index (Phi) is 3.75. The molecule has 0 spiro atoms. The minimum Gasteiger partial charge on any atom is -0.323 e. The summed E-state index contributed by atoms with van der Waals surface area (Å²) in [6.45, 7) is 1.26. The van der Waals surface area contributed by atoms with Crippen LogP contribution in [0.5, 0.6) is 0 Å². The van der Waals surface area contributed by atoms with E-state index >= 15 is 0 Å². The highest BCUT2D eigenvalue weighted by Crippen LogP contribution is 2.42. The van der Waals surface area contributed by atoms with Gasteiger partial charge < -0.3 is 10.6 Å². The number of hydrogen-bond acceptors (Lipinski definition) is 3. The summed E-state index contributed by atoms with van der Waals surface area (Å²) in [5.41, 5.74) is -0.708.